The molecule has 0 radical (unpaired) electrons. The van der Waals surface area contributed by atoms with Crippen LogP contribution in [0.3, 0.4) is 0 Å². The summed E-state index contributed by atoms with van der Waals surface area (Å²) in [5.41, 5.74) is 4.53. The van der Waals surface area contributed by atoms with E-state index in [1.54, 1.807) is 26.8 Å². The first-order valence-corrected chi connectivity index (χ1v) is 9.41. The van der Waals surface area contributed by atoms with Crippen LogP contribution in [0.15, 0.2) is 48.5 Å². The van der Waals surface area contributed by atoms with Crippen LogP contribution in [0.1, 0.15) is 26.3 Å². The second-order valence-corrected chi connectivity index (χ2v) is 7.99. The van der Waals surface area contributed by atoms with Crippen LogP contribution in [0.5, 0.6) is 0 Å². The zero-order valence-corrected chi connectivity index (χ0v) is 17.3. The van der Waals surface area contributed by atoms with E-state index in [0.717, 1.165) is 16.7 Å². The summed E-state index contributed by atoms with van der Waals surface area (Å²) in [6.45, 7) is 5.04. The molecule has 0 spiro atoms. The second kappa shape index (κ2) is 9.73. The number of carboxylic acid groups (broad SMARTS) is 1. The molecule has 0 aliphatic carbocycles. The molecule has 0 aromatic heterocycles. The Bertz CT molecular complexity index is 849. The summed E-state index contributed by atoms with van der Waals surface area (Å²) in [6, 6.07) is 15.0. The van der Waals surface area contributed by atoms with Gasteiger partial charge in [0.1, 0.15) is 5.60 Å². The van der Waals surface area contributed by atoms with Crippen molar-refractivity contribution in [2.75, 3.05) is 6.54 Å². The lowest BCUT2D eigenvalue weighted by Crippen LogP contribution is -2.48. The van der Waals surface area contributed by atoms with Gasteiger partial charge in [0, 0.05) is 11.6 Å². The zero-order chi connectivity index (χ0) is 21.6. The molecule has 7 nitrogen and oxygen atoms in total. The lowest BCUT2D eigenvalue weighted by atomic mass is 10.0. The third-order valence-corrected chi connectivity index (χ3v) is 4.05. The smallest absolute Gasteiger partial charge is 0.422 e. The molecule has 0 unspecified atom stereocenters. The SMILES string of the molecule is CC(C)(C)OC(=O)NN(Cc1ccc(-c2cccc(Cl)c2)cc1)C[C@@H](O)C(=O)O. The van der Waals surface area contributed by atoms with Gasteiger partial charge in [-0.1, -0.05) is 48.0 Å². The Morgan fingerprint density at radius 3 is 2.34 bits per heavy atom. The summed E-state index contributed by atoms with van der Waals surface area (Å²) in [5.74, 6) is -1.38. The zero-order valence-electron chi connectivity index (χ0n) is 16.6. The number of nitrogens with zero attached hydrogens (tertiary/aromatic N) is 1. The third-order valence-electron chi connectivity index (χ3n) is 3.81. The van der Waals surface area contributed by atoms with Gasteiger partial charge in [0.15, 0.2) is 6.10 Å². The van der Waals surface area contributed by atoms with Gasteiger partial charge < -0.3 is 14.9 Å². The standard InChI is InChI=1S/C21H25ClN2O5/c1-21(2,3)29-20(28)23-24(13-18(25)19(26)27)12-14-7-9-15(10-8-14)16-5-4-6-17(22)11-16/h4-11,18,25H,12-13H2,1-3H3,(H,23,28)(H,26,27)/t18-/m1/s1. The molecule has 0 aliphatic rings. The minimum atomic E-state index is -1.66. The van der Waals surface area contributed by atoms with Crippen LogP contribution in [-0.4, -0.2) is 45.5 Å². The molecule has 3 N–H and O–H groups in total. The maximum Gasteiger partial charge on any atom is 0.422 e. The van der Waals surface area contributed by atoms with Crippen LogP contribution >= 0.6 is 11.6 Å². The molecule has 1 amide bonds. The van der Waals surface area contributed by atoms with E-state index in [-0.39, 0.29) is 13.1 Å². The predicted octanol–water partition coefficient (Wildman–Crippen LogP) is 3.69. The molecule has 2 aromatic rings. The number of hydrazine groups is 1. The Labute approximate surface area is 174 Å². The molecule has 29 heavy (non-hydrogen) atoms. The number of carbonyl (C=O) groups is 2. The van der Waals surface area contributed by atoms with Crippen LogP contribution < -0.4 is 5.43 Å². The predicted molar refractivity (Wildman–Crippen MR) is 110 cm³/mol. The van der Waals surface area contributed by atoms with E-state index >= 15 is 0 Å². The summed E-state index contributed by atoms with van der Waals surface area (Å²) in [6.07, 6.45) is -2.39. The van der Waals surface area contributed by atoms with E-state index in [1.165, 1.54) is 5.01 Å². The van der Waals surface area contributed by atoms with Gasteiger partial charge in [-0.2, -0.15) is 0 Å². The fourth-order valence-electron chi connectivity index (χ4n) is 2.56. The van der Waals surface area contributed by atoms with Gasteiger partial charge in [0.25, 0.3) is 0 Å². The average Bonchev–Trinajstić information content (AvgIpc) is 2.60. The summed E-state index contributed by atoms with van der Waals surface area (Å²) in [4.78, 5) is 23.1. The number of aliphatic carboxylic acids is 1. The van der Waals surface area contributed by atoms with Crippen LogP contribution in [0, 0.1) is 0 Å². The van der Waals surface area contributed by atoms with Crippen molar-refractivity contribution in [1.29, 1.82) is 0 Å². The Balaban J connectivity index is 2.12. The first kappa shape index (κ1) is 22.7. The van der Waals surface area contributed by atoms with Crippen LogP contribution in [0.2, 0.25) is 5.02 Å². The van der Waals surface area contributed by atoms with Crippen molar-refractivity contribution >= 4 is 23.7 Å². The quantitative estimate of drug-likeness (QED) is 0.591. The first-order valence-electron chi connectivity index (χ1n) is 9.04. The number of halogens is 1. The van der Waals surface area contributed by atoms with Crippen molar-refractivity contribution in [3.63, 3.8) is 0 Å². The minimum absolute atomic E-state index is 0.180. The van der Waals surface area contributed by atoms with Crippen molar-refractivity contribution in [2.24, 2.45) is 0 Å². The molecule has 156 valence electrons. The largest absolute Gasteiger partial charge is 0.479 e. The number of aliphatic hydroxyl groups excluding tert-OH is 1. The van der Waals surface area contributed by atoms with Gasteiger partial charge in [0.05, 0.1) is 6.54 Å². The van der Waals surface area contributed by atoms with Gasteiger partial charge in [-0.15, -0.1) is 0 Å². The fraction of sp³-hybridized carbons (Fsp3) is 0.333. The molecule has 0 fully saturated rings. The number of nitrogens with one attached hydrogen (secondary N) is 1. The number of ether oxygens (including phenoxy) is 1. The number of benzene rings is 2. The maximum absolute atomic E-state index is 12.1. The highest BCUT2D eigenvalue weighted by atomic mass is 35.5. The molecule has 0 saturated heterocycles. The highest BCUT2D eigenvalue weighted by Gasteiger charge is 2.22. The lowest BCUT2D eigenvalue weighted by Gasteiger charge is -2.27. The molecule has 1 atom stereocenters. The highest BCUT2D eigenvalue weighted by molar-refractivity contribution is 6.30. The highest BCUT2D eigenvalue weighted by Crippen LogP contribution is 2.23. The monoisotopic (exact) mass is 420 g/mol. The van der Waals surface area contributed by atoms with Gasteiger partial charge in [-0.3, -0.25) is 5.43 Å². The van der Waals surface area contributed by atoms with Gasteiger partial charge in [0.2, 0.25) is 0 Å². The van der Waals surface area contributed by atoms with Crippen molar-refractivity contribution in [3.05, 3.63) is 59.1 Å². The third kappa shape index (κ3) is 7.73. The summed E-state index contributed by atoms with van der Waals surface area (Å²) in [7, 11) is 0. The van der Waals surface area contributed by atoms with E-state index in [1.807, 2.05) is 42.5 Å². The number of aliphatic hydroxyl groups is 1. The molecule has 2 rings (SSSR count). The average molecular weight is 421 g/mol. The van der Waals surface area contributed by atoms with E-state index in [4.69, 9.17) is 21.4 Å². The Morgan fingerprint density at radius 1 is 1.14 bits per heavy atom. The van der Waals surface area contributed by atoms with E-state index in [0.29, 0.717) is 5.02 Å². The number of hydrogen-bond donors (Lipinski definition) is 3. The summed E-state index contributed by atoms with van der Waals surface area (Å²) in [5, 5.41) is 20.6. The number of rotatable bonds is 7. The van der Waals surface area contributed by atoms with Gasteiger partial charge in [-0.25, -0.2) is 14.6 Å². The van der Waals surface area contributed by atoms with Gasteiger partial charge in [-0.05, 0) is 49.6 Å². The molecule has 0 heterocycles. The Hall–Kier alpha value is -2.61. The van der Waals surface area contributed by atoms with Crippen LogP contribution in [-0.2, 0) is 16.1 Å². The number of carbonyl (C=O) groups excluding carboxylic acids is 1. The Kier molecular flexibility index (Phi) is 7.61. The normalized spacial score (nSPS) is 12.5. The molecule has 2 aromatic carbocycles. The first-order chi connectivity index (χ1) is 13.5. The van der Waals surface area contributed by atoms with E-state index < -0.39 is 23.8 Å². The number of carboxylic acids is 1. The molecule has 0 bridgehead atoms. The van der Waals surface area contributed by atoms with Crippen molar-refractivity contribution < 1.29 is 24.5 Å². The Morgan fingerprint density at radius 2 is 1.79 bits per heavy atom. The molecule has 0 saturated carbocycles. The number of amides is 1. The van der Waals surface area contributed by atoms with Crippen molar-refractivity contribution in [1.82, 2.24) is 10.4 Å². The lowest BCUT2D eigenvalue weighted by molar-refractivity contribution is -0.148. The molecule has 8 heteroatoms. The second-order valence-electron chi connectivity index (χ2n) is 7.56. The van der Waals surface area contributed by atoms with Crippen LogP contribution in [0.4, 0.5) is 4.79 Å². The number of hydrogen-bond acceptors (Lipinski definition) is 5. The van der Waals surface area contributed by atoms with Gasteiger partial charge >= 0.3 is 12.1 Å². The molecular weight excluding hydrogens is 396 g/mol. The van der Waals surface area contributed by atoms with E-state index in [9.17, 15) is 14.7 Å². The van der Waals surface area contributed by atoms with E-state index in [2.05, 4.69) is 5.43 Å². The maximum atomic E-state index is 12.1. The fourth-order valence-corrected chi connectivity index (χ4v) is 2.75. The summed E-state index contributed by atoms with van der Waals surface area (Å²) < 4.78 is 5.20. The molecule has 0 aliphatic heterocycles. The van der Waals surface area contributed by atoms with Crippen LogP contribution in [0.25, 0.3) is 11.1 Å². The molecular formula is C21H25ClN2O5. The summed E-state index contributed by atoms with van der Waals surface area (Å²) >= 11 is 6.03. The van der Waals surface area contributed by atoms with Crippen molar-refractivity contribution in [3.8, 4) is 11.1 Å². The topological polar surface area (TPSA) is 99.1 Å². The minimum Gasteiger partial charge on any atom is -0.479 e. The van der Waals surface area contributed by atoms with Crippen molar-refractivity contribution in [2.45, 2.75) is 39.0 Å².